The van der Waals surface area contributed by atoms with Crippen LogP contribution in [0, 0.1) is 0 Å². The van der Waals surface area contributed by atoms with E-state index in [-0.39, 0.29) is 21.8 Å². The number of aromatic nitrogens is 4. The fourth-order valence-corrected chi connectivity index (χ4v) is 2.89. The van der Waals surface area contributed by atoms with Crippen LogP contribution in [0.4, 0.5) is 0 Å². The number of nitrogens with zero attached hydrogens (tertiary/aromatic N) is 2. The van der Waals surface area contributed by atoms with Crippen LogP contribution in [-0.4, -0.2) is 19.5 Å². The zero-order chi connectivity index (χ0) is 19.3. The Morgan fingerprint density at radius 3 is 2.00 bits per heavy atom. The summed E-state index contributed by atoms with van der Waals surface area (Å²) < 4.78 is 1.98. The van der Waals surface area contributed by atoms with Crippen molar-refractivity contribution >= 4 is 12.2 Å². The second-order valence-electron chi connectivity index (χ2n) is 6.41. The molecule has 0 amide bonds. The summed E-state index contributed by atoms with van der Waals surface area (Å²) in [7, 11) is 0. The van der Waals surface area contributed by atoms with Gasteiger partial charge < -0.3 is 14.5 Å². The van der Waals surface area contributed by atoms with Gasteiger partial charge in [-0.15, -0.1) is 0 Å². The Labute approximate surface area is 160 Å². The van der Waals surface area contributed by atoms with E-state index in [1.807, 2.05) is 65.4 Å². The number of benzene rings is 2. The molecule has 4 rings (SSSR count). The fraction of sp³-hybridized carbons (Fsp3) is 0.0455. The molecule has 0 fully saturated rings. The molecule has 0 aliphatic heterocycles. The van der Waals surface area contributed by atoms with E-state index in [0.29, 0.717) is 0 Å². The first-order valence-corrected chi connectivity index (χ1v) is 8.83. The zero-order valence-electron chi connectivity index (χ0n) is 15.0. The molecule has 0 bridgehead atoms. The van der Waals surface area contributed by atoms with Gasteiger partial charge in [0.15, 0.2) is 0 Å². The predicted molar refractivity (Wildman–Crippen MR) is 108 cm³/mol. The molecule has 6 nitrogen and oxygen atoms in total. The van der Waals surface area contributed by atoms with Crippen molar-refractivity contribution in [2.75, 3.05) is 0 Å². The van der Waals surface area contributed by atoms with E-state index >= 15 is 0 Å². The molecule has 2 aromatic heterocycles. The van der Waals surface area contributed by atoms with Gasteiger partial charge in [-0.05, 0) is 28.8 Å². The number of nitrogens with one attached hydrogen (secondary N) is 2. The minimum absolute atomic E-state index is 0.220. The van der Waals surface area contributed by atoms with Gasteiger partial charge in [0, 0.05) is 18.9 Å². The van der Waals surface area contributed by atoms with E-state index < -0.39 is 0 Å². The van der Waals surface area contributed by atoms with E-state index in [2.05, 4.69) is 15.0 Å². The zero-order valence-corrected chi connectivity index (χ0v) is 15.0. The Morgan fingerprint density at radius 1 is 0.821 bits per heavy atom. The van der Waals surface area contributed by atoms with Gasteiger partial charge in [0.25, 0.3) is 11.1 Å². The summed E-state index contributed by atoms with van der Waals surface area (Å²) >= 11 is 0. The lowest BCUT2D eigenvalue weighted by molar-refractivity contribution is 0.797. The maximum absolute atomic E-state index is 12.4. The number of rotatable bonds is 4. The monoisotopic (exact) mass is 370 g/mol. The molecule has 138 valence electrons. The number of aromatic amines is 2. The van der Waals surface area contributed by atoms with Crippen LogP contribution in [-0.2, 0) is 6.54 Å². The van der Waals surface area contributed by atoms with Gasteiger partial charge in [-0.3, -0.25) is 9.59 Å². The van der Waals surface area contributed by atoms with Crippen LogP contribution in [0.3, 0.4) is 0 Å². The van der Waals surface area contributed by atoms with Crippen LogP contribution >= 0.6 is 0 Å². The summed E-state index contributed by atoms with van der Waals surface area (Å²) in [5.74, 6) is 0. The van der Waals surface area contributed by atoms with Gasteiger partial charge in [0.2, 0.25) is 0 Å². The highest BCUT2D eigenvalue weighted by atomic mass is 16.1. The van der Waals surface area contributed by atoms with Crippen molar-refractivity contribution in [2.24, 2.45) is 0 Å². The SMILES string of the molecule is O=c1[nH]c(=Cc2ccc(Cn3ccnc3)cc2)c(=O)[nH]c1=Cc1ccccc1. The third-order valence-corrected chi connectivity index (χ3v) is 4.31. The molecule has 0 spiro atoms. The standard InChI is InChI=1S/C22H18N4O2/c27-21-19(12-16-4-2-1-3-5-16)24-22(28)20(25-21)13-17-6-8-18(9-7-17)14-26-11-10-23-15-26/h1-13,15H,14H2,(H,24,28)(H,25,27). The maximum Gasteiger partial charge on any atom is 0.272 e. The molecular formula is C22H18N4O2. The molecule has 0 saturated heterocycles. The summed E-state index contributed by atoms with van der Waals surface area (Å²) in [5.41, 5.74) is 2.10. The first kappa shape index (κ1) is 17.5. The molecule has 0 saturated carbocycles. The molecule has 0 radical (unpaired) electrons. The Morgan fingerprint density at radius 2 is 1.43 bits per heavy atom. The Hall–Kier alpha value is -3.93. The van der Waals surface area contributed by atoms with Crippen LogP contribution in [0.1, 0.15) is 16.7 Å². The summed E-state index contributed by atoms with van der Waals surface area (Å²) in [5, 5.41) is 0.446. The second kappa shape index (κ2) is 7.75. The summed E-state index contributed by atoms with van der Waals surface area (Å²) in [6.07, 6.45) is 8.71. The van der Waals surface area contributed by atoms with Gasteiger partial charge in [-0.1, -0.05) is 54.6 Å². The molecule has 0 aliphatic rings. The van der Waals surface area contributed by atoms with E-state index in [9.17, 15) is 9.59 Å². The summed E-state index contributed by atoms with van der Waals surface area (Å²) in [6.45, 7) is 0.724. The Balaban J connectivity index is 1.65. The summed E-state index contributed by atoms with van der Waals surface area (Å²) in [4.78, 5) is 34.1. The molecule has 2 aromatic carbocycles. The predicted octanol–water partition coefficient (Wildman–Crippen LogP) is 0.966. The van der Waals surface area contributed by atoms with Crippen molar-refractivity contribution in [3.63, 3.8) is 0 Å². The molecule has 4 aromatic rings. The molecule has 6 heteroatoms. The number of H-pyrrole nitrogens is 2. The van der Waals surface area contributed by atoms with Gasteiger partial charge in [0.1, 0.15) is 10.7 Å². The average molecular weight is 370 g/mol. The summed E-state index contributed by atoms with van der Waals surface area (Å²) in [6, 6.07) is 17.1. The Kier molecular flexibility index (Phi) is 4.84. The third-order valence-electron chi connectivity index (χ3n) is 4.31. The minimum Gasteiger partial charge on any atom is -0.333 e. The molecule has 28 heavy (non-hydrogen) atoms. The van der Waals surface area contributed by atoms with Gasteiger partial charge in [-0.25, -0.2) is 4.98 Å². The van der Waals surface area contributed by atoms with Crippen molar-refractivity contribution in [1.82, 2.24) is 19.5 Å². The van der Waals surface area contributed by atoms with E-state index in [4.69, 9.17) is 0 Å². The first-order chi connectivity index (χ1) is 13.7. The van der Waals surface area contributed by atoms with Crippen molar-refractivity contribution in [3.05, 3.63) is 121 Å². The minimum atomic E-state index is -0.343. The molecular weight excluding hydrogens is 352 g/mol. The lowest BCUT2D eigenvalue weighted by Gasteiger charge is -2.02. The van der Waals surface area contributed by atoms with Crippen molar-refractivity contribution < 1.29 is 0 Å². The van der Waals surface area contributed by atoms with Crippen molar-refractivity contribution in [1.29, 1.82) is 0 Å². The van der Waals surface area contributed by atoms with Crippen LogP contribution in [0.2, 0.25) is 0 Å². The van der Waals surface area contributed by atoms with Crippen LogP contribution < -0.4 is 21.8 Å². The molecule has 2 heterocycles. The normalized spacial score (nSPS) is 12.4. The van der Waals surface area contributed by atoms with E-state index in [1.165, 1.54) is 0 Å². The van der Waals surface area contributed by atoms with Gasteiger partial charge >= 0.3 is 0 Å². The second-order valence-corrected chi connectivity index (χ2v) is 6.41. The van der Waals surface area contributed by atoms with E-state index in [0.717, 1.165) is 23.2 Å². The molecule has 0 aliphatic carbocycles. The van der Waals surface area contributed by atoms with Crippen LogP contribution in [0.5, 0.6) is 0 Å². The maximum atomic E-state index is 12.4. The van der Waals surface area contributed by atoms with Crippen molar-refractivity contribution in [3.8, 4) is 0 Å². The lowest BCUT2D eigenvalue weighted by Crippen LogP contribution is -2.46. The highest BCUT2D eigenvalue weighted by molar-refractivity contribution is 5.49. The topological polar surface area (TPSA) is 83.5 Å². The van der Waals surface area contributed by atoms with Gasteiger partial charge in [-0.2, -0.15) is 0 Å². The van der Waals surface area contributed by atoms with Crippen LogP contribution in [0.15, 0.2) is 82.9 Å². The fourth-order valence-electron chi connectivity index (χ4n) is 2.89. The third kappa shape index (κ3) is 4.07. The average Bonchev–Trinajstić information content (AvgIpc) is 3.21. The van der Waals surface area contributed by atoms with Gasteiger partial charge in [0.05, 0.1) is 6.33 Å². The molecule has 2 N–H and O–H groups in total. The quantitative estimate of drug-likeness (QED) is 0.561. The van der Waals surface area contributed by atoms with E-state index in [1.54, 1.807) is 24.7 Å². The molecule has 0 atom stereocenters. The number of imidazole rings is 1. The number of hydrogen-bond donors (Lipinski definition) is 2. The Bertz CT molecular complexity index is 1300. The lowest BCUT2D eigenvalue weighted by atomic mass is 10.1. The van der Waals surface area contributed by atoms with Crippen molar-refractivity contribution in [2.45, 2.75) is 6.54 Å². The van der Waals surface area contributed by atoms with Crippen LogP contribution in [0.25, 0.3) is 12.2 Å². The highest BCUT2D eigenvalue weighted by Gasteiger charge is 1.98. The number of hydrogen-bond acceptors (Lipinski definition) is 3. The first-order valence-electron chi connectivity index (χ1n) is 8.83. The largest absolute Gasteiger partial charge is 0.333 e. The smallest absolute Gasteiger partial charge is 0.272 e. The molecule has 0 unspecified atom stereocenters. The highest BCUT2D eigenvalue weighted by Crippen LogP contribution is 2.06.